The van der Waals surface area contributed by atoms with E-state index in [0.717, 1.165) is 13.1 Å². The molecule has 0 radical (unpaired) electrons. The summed E-state index contributed by atoms with van der Waals surface area (Å²) in [5.74, 6) is 0.536. The van der Waals surface area contributed by atoms with Crippen LogP contribution in [0.4, 0.5) is 0 Å². The summed E-state index contributed by atoms with van der Waals surface area (Å²) >= 11 is 0. The first-order valence-electron chi connectivity index (χ1n) is 4.04. The number of nitrogens with zero attached hydrogens (tertiary/aromatic N) is 2. The van der Waals surface area contributed by atoms with Gasteiger partial charge in [-0.1, -0.05) is 13.2 Å². The third kappa shape index (κ3) is 5.93. The van der Waals surface area contributed by atoms with E-state index in [0.29, 0.717) is 5.82 Å². The molecule has 0 aliphatic rings. The molecule has 0 rings (SSSR count). The molecule has 0 amide bonds. The summed E-state index contributed by atoms with van der Waals surface area (Å²) in [5.41, 5.74) is 0. The molecule has 0 aromatic carbocycles. The highest BCUT2D eigenvalue weighted by atomic mass is 16.3. The van der Waals surface area contributed by atoms with E-state index in [1.54, 1.807) is 0 Å². The van der Waals surface area contributed by atoms with Crippen molar-refractivity contribution in [2.45, 2.75) is 0 Å². The second-order valence-corrected chi connectivity index (χ2v) is 2.69. The van der Waals surface area contributed by atoms with Gasteiger partial charge in [0.2, 0.25) is 0 Å². The molecule has 0 fully saturated rings. The molecule has 0 spiro atoms. The molecule has 0 saturated carbocycles. The molecule has 4 heteroatoms. The minimum atomic E-state index is -0.0665. The lowest BCUT2D eigenvalue weighted by molar-refractivity contribution is 0.412. The summed E-state index contributed by atoms with van der Waals surface area (Å²) in [4.78, 5) is 5.79. The molecule has 0 aromatic heterocycles. The first-order valence-corrected chi connectivity index (χ1v) is 4.04. The molecule has 13 heavy (non-hydrogen) atoms. The van der Waals surface area contributed by atoms with Crippen molar-refractivity contribution in [1.29, 1.82) is 0 Å². The van der Waals surface area contributed by atoms with E-state index in [1.165, 1.54) is 6.21 Å². The molecule has 2 N–H and O–H groups in total. The summed E-state index contributed by atoms with van der Waals surface area (Å²) in [6, 6.07) is 0. The number of hydrogen-bond donors (Lipinski definition) is 2. The third-order valence-corrected chi connectivity index (χ3v) is 1.50. The van der Waals surface area contributed by atoms with Crippen LogP contribution in [0.3, 0.4) is 0 Å². The van der Waals surface area contributed by atoms with Crippen LogP contribution < -0.4 is 5.32 Å². The number of hydrogen-bond acceptors (Lipinski definition) is 4. The van der Waals surface area contributed by atoms with E-state index >= 15 is 0 Å². The summed E-state index contributed by atoms with van der Waals surface area (Å²) in [7, 11) is 3.77. The van der Waals surface area contributed by atoms with E-state index in [1.807, 2.05) is 19.0 Å². The van der Waals surface area contributed by atoms with Gasteiger partial charge in [0.05, 0.1) is 6.21 Å². The monoisotopic (exact) mass is 183 g/mol. The van der Waals surface area contributed by atoms with Gasteiger partial charge in [-0.3, -0.25) is 0 Å². The first-order chi connectivity index (χ1) is 6.07. The van der Waals surface area contributed by atoms with Crippen molar-refractivity contribution in [2.75, 3.05) is 27.2 Å². The van der Waals surface area contributed by atoms with Crippen LogP contribution in [0.25, 0.3) is 0 Å². The van der Waals surface area contributed by atoms with Crippen LogP contribution in [0.5, 0.6) is 0 Å². The smallest absolute Gasteiger partial charge is 0.126 e. The van der Waals surface area contributed by atoms with Gasteiger partial charge in [-0.25, -0.2) is 4.99 Å². The van der Waals surface area contributed by atoms with Crippen LogP contribution in [0, 0.1) is 0 Å². The summed E-state index contributed by atoms with van der Waals surface area (Å²) in [5, 5.41) is 11.8. The molecule has 0 saturated heterocycles. The van der Waals surface area contributed by atoms with Gasteiger partial charge in [-0.15, -0.1) is 0 Å². The molecule has 74 valence electrons. The number of likely N-dealkylation sites (N-methyl/N-ethyl adjacent to an activating group) is 2. The highest BCUT2D eigenvalue weighted by molar-refractivity contribution is 5.75. The topological polar surface area (TPSA) is 47.9 Å². The zero-order valence-electron chi connectivity index (χ0n) is 8.25. The summed E-state index contributed by atoms with van der Waals surface area (Å²) in [6.07, 6.45) is 1.28. The second-order valence-electron chi connectivity index (χ2n) is 2.69. The molecule has 0 bridgehead atoms. The Bertz CT molecular complexity index is 211. The lowest BCUT2D eigenvalue weighted by Gasteiger charge is -2.17. The Kier molecular flexibility index (Phi) is 5.63. The average molecular weight is 183 g/mol. The first kappa shape index (κ1) is 11.7. The molecule has 4 nitrogen and oxygen atoms in total. The van der Waals surface area contributed by atoms with Crippen molar-refractivity contribution in [3.63, 3.8) is 0 Å². The maximum Gasteiger partial charge on any atom is 0.126 e. The van der Waals surface area contributed by atoms with Crippen LogP contribution in [0.2, 0.25) is 0 Å². The Hall–Kier alpha value is -1.29. The predicted molar refractivity (Wildman–Crippen MR) is 56.0 cm³/mol. The van der Waals surface area contributed by atoms with Gasteiger partial charge in [-0.05, 0) is 7.05 Å². The van der Waals surface area contributed by atoms with E-state index in [4.69, 9.17) is 5.11 Å². The lowest BCUT2D eigenvalue weighted by atomic mass is 10.5. The van der Waals surface area contributed by atoms with Crippen molar-refractivity contribution in [2.24, 2.45) is 4.99 Å². The molecule has 0 aromatic rings. The van der Waals surface area contributed by atoms with Crippen LogP contribution in [0.1, 0.15) is 0 Å². The Labute approximate surface area is 79.3 Å². The number of nitrogens with one attached hydrogen (secondary N) is 1. The van der Waals surface area contributed by atoms with Crippen molar-refractivity contribution >= 4 is 6.21 Å². The van der Waals surface area contributed by atoms with Crippen molar-refractivity contribution in [3.05, 3.63) is 24.7 Å². The fourth-order valence-electron chi connectivity index (χ4n) is 0.656. The van der Waals surface area contributed by atoms with Crippen molar-refractivity contribution in [1.82, 2.24) is 10.2 Å². The van der Waals surface area contributed by atoms with Gasteiger partial charge < -0.3 is 15.3 Å². The van der Waals surface area contributed by atoms with Gasteiger partial charge in [0.1, 0.15) is 11.6 Å². The van der Waals surface area contributed by atoms with Crippen LogP contribution in [0.15, 0.2) is 29.7 Å². The highest BCUT2D eigenvalue weighted by Gasteiger charge is 1.97. The number of aliphatic imine (C=N–C) groups is 1. The Balaban J connectivity index is 3.89. The standard InChI is InChI=1S/C9H17N3O/c1-8(13)7-11-9(2)12(4)6-5-10-3/h7,10,13H,1-2,5-6H2,3-4H3/b11-7-. The predicted octanol–water partition coefficient (Wildman–Crippen LogP) is 0.751. The zero-order chi connectivity index (χ0) is 10.3. The Morgan fingerprint density at radius 1 is 1.62 bits per heavy atom. The minimum Gasteiger partial charge on any atom is -0.507 e. The maximum atomic E-state index is 8.74. The summed E-state index contributed by atoms with van der Waals surface area (Å²) in [6.45, 7) is 8.70. The van der Waals surface area contributed by atoms with Crippen LogP contribution in [-0.4, -0.2) is 43.4 Å². The molecular weight excluding hydrogens is 166 g/mol. The SMILES string of the molecule is C=C(O)/C=N\C(=C)N(C)CCNC. The number of aliphatic hydroxyl groups excluding tert-OH is 1. The molecule has 0 aliphatic heterocycles. The molecular formula is C9H17N3O. The molecule has 0 atom stereocenters. The minimum absolute atomic E-state index is 0.0665. The fourth-order valence-corrected chi connectivity index (χ4v) is 0.656. The largest absolute Gasteiger partial charge is 0.507 e. The average Bonchev–Trinajstić information content (AvgIpc) is 2.10. The highest BCUT2D eigenvalue weighted by Crippen LogP contribution is 1.98. The quantitative estimate of drug-likeness (QED) is 0.472. The number of allylic oxidation sites excluding steroid dienone is 1. The number of rotatable bonds is 6. The van der Waals surface area contributed by atoms with E-state index < -0.39 is 0 Å². The maximum absolute atomic E-state index is 8.74. The van der Waals surface area contributed by atoms with Gasteiger partial charge in [0.25, 0.3) is 0 Å². The second kappa shape index (κ2) is 6.25. The Morgan fingerprint density at radius 3 is 2.69 bits per heavy atom. The van der Waals surface area contributed by atoms with Gasteiger partial charge >= 0.3 is 0 Å². The Morgan fingerprint density at radius 2 is 2.23 bits per heavy atom. The van der Waals surface area contributed by atoms with Gasteiger partial charge in [0, 0.05) is 20.1 Å². The van der Waals surface area contributed by atoms with Crippen LogP contribution >= 0.6 is 0 Å². The molecule has 0 aliphatic carbocycles. The van der Waals surface area contributed by atoms with Crippen molar-refractivity contribution in [3.8, 4) is 0 Å². The van der Waals surface area contributed by atoms with Crippen molar-refractivity contribution < 1.29 is 5.11 Å². The molecule has 0 unspecified atom stereocenters. The summed E-state index contributed by atoms with van der Waals surface area (Å²) < 4.78 is 0. The number of aliphatic hydroxyl groups is 1. The van der Waals surface area contributed by atoms with Gasteiger partial charge in [0.15, 0.2) is 0 Å². The van der Waals surface area contributed by atoms with E-state index in [2.05, 4.69) is 23.5 Å². The van der Waals surface area contributed by atoms with E-state index in [-0.39, 0.29) is 5.76 Å². The normalized spacial score (nSPS) is 10.3. The third-order valence-electron chi connectivity index (χ3n) is 1.50. The fraction of sp³-hybridized carbons (Fsp3) is 0.444. The molecule has 0 heterocycles. The zero-order valence-corrected chi connectivity index (χ0v) is 8.25. The van der Waals surface area contributed by atoms with Gasteiger partial charge in [-0.2, -0.15) is 0 Å². The van der Waals surface area contributed by atoms with Crippen LogP contribution in [-0.2, 0) is 0 Å². The lowest BCUT2D eigenvalue weighted by Crippen LogP contribution is -2.25. The van der Waals surface area contributed by atoms with E-state index in [9.17, 15) is 0 Å².